The zero-order chi connectivity index (χ0) is 57.2. The standard InChI is InChI=1S/C47H105NO20Si8/c1-51-71(52-2,53-3)33-19-27-69(28-20-34-72(54-4,55-5)56-6,29-21-35-73(57-7,58-8)59-9)39-25-42-41-43(45-44(42)46(49)48-47(45)50)26-40-70(30-22-36-74(60-10,61-11)62-12,31-23-37-75(63-13,64-14)65-15)32-24-38-76(66-16,67-17)68-18/h42-45H,19-41H2,1-18H3,(H,48,49,50). The van der Waals surface area contributed by atoms with E-state index < -0.39 is 69.0 Å². The zero-order valence-corrected chi connectivity index (χ0v) is 58.2. The molecule has 0 aromatic carbocycles. The Morgan fingerprint density at radius 1 is 0.289 bits per heavy atom. The molecule has 450 valence electrons. The van der Waals surface area contributed by atoms with Crippen molar-refractivity contribution in [2.75, 3.05) is 128 Å². The highest BCUT2D eigenvalue weighted by atomic mass is 28.4. The normalized spacial score (nSPS) is 19.3. The third-order valence-corrected chi connectivity index (χ3v) is 45.9. The number of carbonyl (C=O) groups excluding carboxylic acids is 2. The highest BCUT2D eigenvalue weighted by Gasteiger charge is 2.56. The van der Waals surface area contributed by atoms with Gasteiger partial charge >= 0.3 is 52.8 Å². The van der Waals surface area contributed by atoms with Crippen molar-refractivity contribution in [3.63, 3.8) is 0 Å². The van der Waals surface area contributed by atoms with Crippen LogP contribution in [0.25, 0.3) is 0 Å². The quantitative estimate of drug-likeness (QED) is 0.0455. The van der Waals surface area contributed by atoms with Crippen LogP contribution in [0.4, 0.5) is 0 Å². The van der Waals surface area contributed by atoms with Crippen LogP contribution in [0.1, 0.15) is 57.8 Å². The molecule has 0 bridgehead atoms. The van der Waals surface area contributed by atoms with Crippen LogP contribution in [0.5, 0.6) is 0 Å². The smallest absolute Gasteiger partial charge is 0.377 e. The molecule has 0 spiro atoms. The predicted molar refractivity (Wildman–Crippen MR) is 308 cm³/mol. The van der Waals surface area contributed by atoms with E-state index in [1.54, 1.807) is 128 Å². The molecular weight excluding hydrogens is 1120 g/mol. The van der Waals surface area contributed by atoms with Gasteiger partial charge in [0.1, 0.15) is 0 Å². The highest BCUT2D eigenvalue weighted by Crippen LogP contribution is 2.52. The molecule has 1 aliphatic carbocycles. The van der Waals surface area contributed by atoms with Crippen LogP contribution in [-0.4, -0.2) is 209 Å². The summed E-state index contributed by atoms with van der Waals surface area (Å²) < 4.78 is 107. The second kappa shape index (κ2) is 35.3. The van der Waals surface area contributed by atoms with Crippen molar-refractivity contribution in [1.82, 2.24) is 5.32 Å². The van der Waals surface area contributed by atoms with E-state index in [1.807, 2.05) is 0 Å². The van der Waals surface area contributed by atoms with Gasteiger partial charge in [-0.15, -0.1) is 0 Å². The van der Waals surface area contributed by atoms with Crippen LogP contribution >= 0.6 is 0 Å². The monoisotopic (exact) mass is 1230 g/mol. The van der Waals surface area contributed by atoms with Gasteiger partial charge in [0.2, 0.25) is 11.8 Å². The second-order valence-corrected chi connectivity index (χ2v) is 49.2. The fraction of sp³-hybridized carbons (Fsp3) is 0.957. The minimum absolute atomic E-state index is 0.0377. The molecule has 29 heteroatoms. The molecule has 1 saturated carbocycles. The summed E-state index contributed by atoms with van der Waals surface area (Å²) in [5.74, 6) is -0.964. The maximum absolute atomic E-state index is 14.1. The van der Waals surface area contributed by atoms with Crippen molar-refractivity contribution in [3.05, 3.63) is 0 Å². The SMILES string of the molecule is CO[Si](CCC[Si](CCC[Si](OC)(OC)OC)(CCC[Si](OC)(OC)OC)CCC1CC(CC[Si](CCC[Si](OC)(OC)OC)(CCC[Si](OC)(OC)OC)CCC[Si](OC)(OC)OC)C2C(=O)NC(=O)C12)(OC)OC. The van der Waals surface area contributed by atoms with Crippen molar-refractivity contribution < 1.29 is 89.3 Å². The van der Waals surface area contributed by atoms with Crippen LogP contribution in [0, 0.1) is 23.7 Å². The Morgan fingerprint density at radius 2 is 0.461 bits per heavy atom. The molecule has 0 radical (unpaired) electrons. The zero-order valence-electron chi connectivity index (χ0n) is 50.2. The summed E-state index contributed by atoms with van der Waals surface area (Å²) in [5.41, 5.74) is 0. The minimum Gasteiger partial charge on any atom is -0.377 e. The topological polar surface area (TPSA) is 212 Å². The van der Waals surface area contributed by atoms with E-state index >= 15 is 0 Å². The molecule has 2 aliphatic rings. The summed E-state index contributed by atoms with van der Waals surface area (Å²) >= 11 is 0. The highest BCUT2D eigenvalue weighted by molar-refractivity contribution is 6.81. The van der Waals surface area contributed by atoms with Crippen LogP contribution in [0.2, 0.25) is 84.6 Å². The van der Waals surface area contributed by atoms with Crippen LogP contribution in [-0.2, 0) is 89.3 Å². The number of hydrogen-bond donors (Lipinski definition) is 1. The number of nitrogens with one attached hydrogen (secondary N) is 1. The number of fused-ring (bicyclic) bond motifs is 1. The van der Waals surface area contributed by atoms with E-state index in [-0.39, 0.29) is 35.5 Å². The summed E-state index contributed by atoms with van der Waals surface area (Å²) in [5, 5.41) is 2.82. The fourth-order valence-corrected chi connectivity index (χ4v) is 35.8. The molecular formula is C47H105NO20Si8. The summed E-state index contributed by atoms with van der Waals surface area (Å²) in [7, 11) is 8.04. The van der Waals surface area contributed by atoms with Crippen molar-refractivity contribution in [3.8, 4) is 0 Å². The van der Waals surface area contributed by atoms with E-state index in [4.69, 9.17) is 79.7 Å². The van der Waals surface area contributed by atoms with Gasteiger partial charge in [0.25, 0.3) is 0 Å². The maximum atomic E-state index is 14.1. The van der Waals surface area contributed by atoms with E-state index in [9.17, 15) is 9.59 Å². The number of rotatable bonds is 48. The molecule has 1 aliphatic heterocycles. The average Bonchev–Trinajstić information content (AvgIpc) is 3.99. The van der Waals surface area contributed by atoms with E-state index in [2.05, 4.69) is 5.32 Å². The summed E-state index contributed by atoms with van der Waals surface area (Å²) in [4.78, 5) is 28.3. The lowest BCUT2D eigenvalue weighted by atomic mass is 9.87. The summed E-state index contributed by atoms with van der Waals surface area (Å²) in [6.07, 6.45) is 7.63. The molecule has 2 amide bonds. The van der Waals surface area contributed by atoms with Gasteiger partial charge in [-0.1, -0.05) is 99.7 Å². The molecule has 4 atom stereocenters. The first-order valence-electron chi connectivity index (χ1n) is 27.1. The Bertz CT molecular complexity index is 1320. The van der Waals surface area contributed by atoms with Gasteiger partial charge < -0.3 is 79.7 Å². The maximum Gasteiger partial charge on any atom is 0.500 e. The van der Waals surface area contributed by atoms with E-state index in [0.717, 1.165) is 106 Å². The first-order chi connectivity index (χ1) is 36.3. The van der Waals surface area contributed by atoms with Gasteiger partial charge in [-0.2, -0.15) is 0 Å². The van der Waals surface area contributed by atoms with Crippen molar-refractivity contribution in [1.29, 1.82) is 0 Å². The van der Waals surface area contributed by atoms with Crippen LogP contribution < -0.4 is 5.32 Å². The summed E-state index contributed by atoms with van der Waals surface area (Å²) in [6, 6.07) is 11.9. The Hall–Kier alpha value is 0.155. The molecule has 0 aromatic rings. The average molecular weight is 1230 g/mol. The Kier molecular flexibility index (Phi) is 33.6. The van der Waals surface area contributed by atoms with Gasteiger partial charge in [0.05, 0.1) is 28.0 Å². The first kappa shape index (κ1) is 72.3. The Balaban J connectivity index is 2.71. The lowest BCUT2D eigenvalue weighted by Gasteiger charge is -2.36. The molecule has 1 saturated heterocycles. The van der Waals surface area contributed by atoms with E-state index in [0.29, 0.717) is 36.3 Å². The second-order valence-electron chi connectivity index (χ2n) is 20.6. The molecule has 1 N–H and O–H groups in total. The fourth-order valence-electron chi connectivity index (χ4n) is 12.8. The van der Waals surface area contributed by atoms with Gasteiger partial charge in [-0.3, -0.25) is 14.9 Å². The number of hydrogen-bond acceptors (Lipinski definition) is 20. The third-order valence-electron chi connectivity index (χ3n) is 17.7. The first-order valence-corrected chi connectivity index (χ1v) is 44.3. The van der Waals surface area contributed by atoms with Crippen LogP contribution in [0.3, 0.4) is 0 Å². The largest absolute Gasteiger partial charge is 0.500 e. The lowest BCUT2D eigenvalue weighted by Crippen LogP contribution is -2.45. The van der Waals surface area contributed by atoms with Crippen molar-refractivity contribution in [2.24, 2.45) is 23.7 Å². The van der Waals surface area contributed by atoms with E-state index in [1.165, 1.54) is 0 Å². The molecule has 21 nitrogen and oxygen atoms in total. The molecule has 2 fully saturated rings. The summed E-state index contributed by atoms with van der Waals surface area (Å²) in [6.45, 7) is 0. The molecule has 76 heavy (non-hydrogen) atoms. The number of imide groups is 1. The molecule has 2 rings (SSSR count). The predicted octanol–water partition coefficient (Wildman–Crippen LogP) is 7.80. The molecule has 4 unspecified atom stereocenters. The van der Waals surface area contributed by atoms with Crippen LogP contribution in [0.15, 0.2) is 0 Å². The van der Waals surface area contributed by atoms with Gasteiger partial charge in [0, 0.05) is 164 Å². The van der Waals surface area contributed by atoms with Gasteiger partial charge in [0.15, 0.2) is 0 Å². The lowest BCUT2D eigenvalue weighted by molar-refractivity contribution is -0.127. The van der Waals surface area contributed by atoms with Crippen molar-refractivity contribution in [2.45, 2.75) is 142 Å². The van der Waals surface area contributed by atoms with Crippen molar-refractivity contribution >= 4 is 80.8 Å². The number of amides is 2. The minimum atomic E-state index is -2.89. The third kappa shape index (κ3) is 19.6. The Labute approximate surface area is 467 Å². The van der Waals surface area contributed by atoms with Gasteiger partial charge in [-0.05, 0) is 18.3 Å². The number of carbonyl (C=O) groups is 2. The molecule has 0 aromatic heterocycles. The van der Waals surface area contributed by atoms with Gasteiger partial charge in [-0.25, -0.2) is 0 Å². The Morgan fingerprint density at radius 3 is 0.618 bits per heavy atom. The molecule has 1 heterocycles.